The van der Waals surface area contributed by atoms with Gasteiger partial charge >= 0.3 is 0 Å². The molecule has 1 aromatic rings. The van der Waals surface area contributed by atoms with Crippen LogP contribution in [0.3, 0.4) is 0 Å². The van der Waals surface area contributed by atoms with Crippen molar-refractivity contribution >= 4 is 11.6 Å². The number of fused-ring (bicyclic) bond motifs is 1. The number of benzene rings is 1. The molecule has 0 aromatic heterocycles. The normalized spacial score (nSPS) is 24.1. The summed E-state index contributed by atoms with van der Waals surface area (Å²) in [7, 11) is 0. The lowest BCUT2D eigenvalue weighted by Gasteiger charge is -2.34. The molecule has 2 aliphatic rings. The van der Waals surface area contributed by atoms with Gasteiger partial charge in [-0.15, -0.1) is 0 Å². The van der Waals surface area contributed by atoms with Crippen molar-refractivity contribution in [3.8, 4) is 0 Å². The Bertz CT molecular complexity index is 448. The van der Waals surface area contributed by atoms with Gasteiger partial charge in [-0.2, -0.15) is 0 Å². The first kappa shape index (κ1) is 11.8. The molecule has 1 amide bonds. The largest absolute Gasteiger partial charge is 0.312 e. The Hall–Kier alpha value is -1.31. The Labute approximate surface area is 109 Å². The highest BCUT2D eigenvalue weighted by Gasteiger charge is 2.32. The van der Waals surface area contributed by atoms with Crippen LogP contribution in [0.5, 0.6) is 0 Å². The monoisotopic (exact) mass is 243 g/mol. The molecule has 18 heavy (non-hydrogen) atoms. The molecule has 2 nitrogen and oxygen atoms in total. The van der Waals surface area contributed by atoms with E-state index in [1.54, 1.807) is 0 Å². The zero-order valence-electron chi connectivity index (χ0n) is 11.1. The van der Waals surface area contributed by atoms with Crippen LogP contribution in [0.2, 0.25) is 0 Å². The maximum Gasteiger partial charge on any atom is 0.230 e. The fourth-order valence-corrected chi connectivity index (χ4v) is 3.40. The molecular weight excluding hydrogens is 222 g/mol. The van der Waals surface area contributed by atoms with Crippen LogP contribution in [0, 0.1) is 11.8 Å². The van der Waals surface area contributed by atoms with Crippen LogP contribution < -0.4 is 4.90 Å². The van der Waals surface area contributed by atoms with Crippen molar-refractivity contribution in [1.82, 2.24) is 0 Å². The van der Waals surface area contributed by atoms with Gasteiger partial charge in [-0.05, 0) is 36.8 Å². The van der Waals surface area contributed by atoms with Crippen molar-refractivity contribution in [2.24, 2.45) is 11.8 Å². The summed E-state index contributed by atoms with van der Waals surface area (Å²) in [6.07, 6.45) is 5.73. The van der Waals surface area contributed by atoms with Gasteiger partial charge in [0.1, 0.15) is 0 Å². The molecule has 0 N–H and O–H groups in total. The number of para-hydroxylation sites is 1. The highest BCUT2D eigenvalue weighted by atomic mass is 16.2. The number of carbonyl (C=O) groups is 1. The molecule has 1 aromatic carbocycles. The van der Waals surface area contributed by atoms with E-state index in [2.05, 4.69) is 30.0 Å². The van der Waals surface area contributed by atoms with E-state index in [-0.39, 0.29) is 5.92 Å². The molecule has 1 fully saturated rings. The fourth-order valence-electron chi connectivity index (χ4n) is 3.40. The molecule has 1 atom stereocenters. The molecule has 0 saturated heterocycles. The lowest BCUT2D eigenvalue weighted by Crippen LogP contribution is -2.42. The van der Waals surface area contributed by atoms with Gasteiger partial charge < -0.3 is 4.90 Å². The Morgan fingerprint density at radius 3 is 2.72 bits per heavy atom. The quantitative estimate of drug-likeness (QED) is 0.740. The van der Waals surface area contributed by atoms with Crippen molar-refractivity contribution in [3.63, 3.8) is 0 Å². The zero-order valence-corrected chi connectivity index (χ0v) is 11.1. The SMILES string of the molecule is CC1Cc2ccccc2N(C(=O)C2CCCC2)C1. The van der Waals surface area contributed by atoms with E-state index < -0.39 is 0 Å². The number of hydrogen-bond donors (Lipinski definition) is 0. The third-order valence-corrected chi connectivity index (χ3v) is 4.32. The number of rotatable bonds is 1. The van der Waals surface area contributed by atoms with E-state index in [4.69, 9.17) is 0 Å². The Morgan fingerprint density at radius 1 is 1.22 bits per heavy atom. The highest BCUT2D eigenvalue weighted by molar-refractivity contribution is 5.96. The molecule has 1 aliphatic carbocycles. The van der Waals surface area contributed by atoms with Gasteiger partial charge in [0.15, 0.2) is 0 Å². The molecule has 1 aliphatic heterocycles. The first-order valence-electron chi connectivity index (χ1n) is 7.15. The Balaban J connectivity index is 1.89. The van der Waals surface area contributed by atoms with Crippen molar-refractivity contribution in [2.75, 3.05) is 11.4 Å². The maximum atomic E-state index is 12.6. The zero-order chi connectivity index (χ0) is 12.5. The van der Waals surface area contributed by atoms with Gasteiger partial charge in [0.05, 0.1) is 0 Å². The summed E-state index contributed by atoms with van der Waals surface area (Å²) in [6, 6.07) is 8.40. The Morgan fingerprint density at radius 2 is 1.94 bits per heavy atom. The summed E-state index contributed by atoms with van der Waals surface area (Å²) in [4.78, 5) is 14.7. The van der Waals surface area contributed by atoms with E-state index in [9.17, 15) is 4.79 Å². The average Bonchev–Trinajstić information content (AvgIpc) is 2.90. The average molecular weight is 243 g/mol. The van der Waals surface area contributed by atoms with Gasteiger partial charge in [0.2, 0.25) is 5.91 Å². The molecule has 96 valence electrons. The number of anilines is 1. The van der Waals surface area contributed by atoms with Gasteiger partial charge in [-0.25, -0.2) is 0 Å². The minimum absolute atomic E-state index is 0.281. The highest BCUT2D eigenvalue weighted by Crippen LogP contribution is 2.34. The minimum atomic E-state index is 0.281. The van der Waals surface area contributed by atoms with Crippen LogP contribution in [0.1, 0.15) is 38.2 Å². The lowest BCUT2D eigenvalue weighted by atomic mass is 9.92. The summed E-state index contributed by atoms with van der Waals surface area (Å²) in [6.45, 7) is 3.14. The van der Waals surface area contributed by atoms with Crippen LogP contribution in [-0.2, 0) is 11.2 Å². The summed E-state index contributed by atoms with van der Waals surface area (Å²) in [5.41, 5.74) is 2.50. The number of amides is 1. The van der Waals surface area contributed by atoms with Gasteiger partial charge in [-0.1, -0.05) is 38.0 Å². The second-order valence-electron chi connectivity index (χ2n) is 5.87. The first-order valence-corrected chi connectivity index (χ1v) is 7.15. The van der Waals surface area contributed by atoms with Crippen molar-refractivity contribution < 1.29 is 4.79 Å². The topological polar surface area (TPSA) is 20.3 Å². The third kappa shape index (κ3) is 2.05. The molecule has 0 radical (unpaired) electrons. The van der Waals surface area contributed by atoms with Crippen LogP contribution in [0.4, 0.5) is 5.69 Å². The molecule has 0 spiro atoms. The van der Waals surface area contributed by atoms with Gasteiger partial charge in [0, 0.05) is 18.2 Å². The van der Waals surface area contributed by atoms with Crippen LogP contribution in [-0.4, -0.2) is 12.5 Å². The molecular formula is C16H21NO. The smallest absolute Gasteiger partial charge is 0.230 e. The molecule has 1 unspecified atom stereocenters. The molecule has 3 rings (SSSR count). The van der Waals surface area contributed by atoms with Gasteiger partial charge in [-0.3, -0.25) is 4.79 Å². The molecule has 2 heteroatoms. The molecule has 0 bridgehead atoms. The summed E-state index contributed by atoms with van der Waals surface area (Å²) in [5.74, 6) is 1.22. The Kier molecular flexibility index (Phi) is 3.11. The molecule has 1 saturated carbocycles. The van der Waals surface area contributed by atoms with Crippen molar-refractivity contribution in [2.45, 2.75) is 39.0 Å². The second-order valence-corrected chi connectivity index (χ2v) is 5.87. The first-order chi connectivity index (χ1) is 8.75. The standard InChI is InChI=1S/C16H21NO/c1-12-10-14-8-4-5-9-15(14)17(11-12)16(18)13-6-2-3-7-13/h4-5,8-9,12-13H,2-3,6-7,10-11H2,1H3. The van der Waals surface area contributed by atoms with E-state index in [0.717, 1.165) is 31.5 Å². The van der Waals surface area contributed by atoms with E-state index in [1.807, 2.05) is 6.07 Å². The number of hydrogen-bond acceptors (Lipinski definition) is 1. The fraction of sp³-hybridized carbons (Fsp3) is 0.562. The summed E-state index contributed by atoms with van der Waals surface area (Å²) >= 11 is 0. The third-order valence-electron chi connectivity index (χ3n) is 4.32. The summed E-state index contributed by atoms with van der Waals surface area (Å²) < 4.78 is 0. The number of carbonyl (C=O) groups excluding carboxylic acids is 1. The second kappa shape index (κ2) is 4.75. The van der Waals surface area contributed by atoms with Crippen LogP contribution >= 0.6 is 0 Å². The number of nitrogens with zero attached hydrogens (tertiary/aromatic N) is 1. The van der Waals surface area contributed by atoms with Crippen LogP contribution in [0.15, 0.2) is 24.3 Å². The van der Waals surface area contributed by atoms with Crippen molar-refractivity contribution in [3.05, 3.63) is 29.8 Å². The van der Waals surface area contributed by atoms with E-state index in [1.165, 1.54) is 18.4 Å². The predicted octanol–water partition coefficient (Wildman–Crippen LogP) is 3.40. The predicted molar refractivity (Wildman–Crippen MR) is 73.6 cm³/mol. The van der Waals surface area contributed by atoms with Crippen LogP contribution in [0.25, 0.3) is 0 Å². The maximum absolute atomic E-state index is 12.6. The summed E-state index contributed by atoms with van der Waals surface area (Å²) in [5, 5.41) is 0. The molecule has 1 heterocycles. The minimum Gasteiger partial charge on any atom is -0.312 e. The van der Waals surface area contributed by atoms with E-state index in [0.29, 0.717) is 11.8 Å². The van der Waals surface area contributed by atoms with Crippen molar-refractivity contribution in [1.29, 1.82) is 0 Å². The van der Waals surface area contributed by atoms with E-state index >= 15 is 0 Å². The lowest BCUT2D eigenvalue weighted by molar-refractivity contribution is -0.122. The van der Waals surface area contributed by atoms with Gasteiger partial charge in [0.25, 0.3) is 0 Å².